The van der Waals surface area contributed by atoms with Crippen LogP contribution in [0.4, 0.5) is 5.69 Å². The third-order valence-corrected chi connectivity index (χ3v) is 5.73. The molecule has 1 saturated carbocycles. The van der Waals surface area contributed by atoms with Gasteiger partial charge in [-0.15, -0.1) is 0 Å². The summed E-state index contributed by atoms with van der Waals surface area (Å²) in [5.41, 5.74) is 1.91. The Morgan fingerprint density at radius 1 is 1.17 bits per heavy atom. The van der Waals surface area contributed by atoms with E-state index in [2.05, 4.69) is 20.8 Å². The number of non-ortho nitro benzene ring substituents is 1. The predicted octanol–water partition coefficient (Wildman–Crippen LogP) is 5.71. The highest BCUT2D eigenvalue weighted by molar-refractivity contribution is 6.30. The van der Waals surface area contributed by atoms with Crippen molar-refractivity contribution in [2.24, 2.45) is 16.7 Å². The summed E-state index contributed by atoms with van der Waals surface area (Å²) in [6.07, 6.45) is 2.47. The van der Waals surface area contributed by atoms with Crippen molar-refractivity contribution in [2.45, 2.75) is 27.2 Å². The molecule has 1 fully saturated rings. The zero-order valence-corrected chi connectivity index (χ0v) is 17.7. The van der Waals surface area contributed by atoms with Crippen molar-refractivity contribution in [2.75, 3.05) is 7.11 Å². The third-order valence-electron chi connectivity index (χ3n) is 5.47. The molecule has 0 saturated heterocycles. The third kappa shape index (κ3) is 4.06. The van der Waals surface area contributed by atoms with E-state index < -0.39 is 10.3 Å². The first kappa shape index (κ1) is 21.1. The highest BCUT2D eigenvalue weighted by Gasteiger charge is 2.69. The number of rotatable bonds is 5. The Hall–Kier alpha value is -2.66. The normalized spacial score (nSPS) is 22.4. The average Bonchev–Trinajstić information content (AvgIpc) is 3.31. The van der Waals surface area contributed by atoms with Crippen molar-refractivity contribution in [1.29, 1.82) is 0 Å². The van der Waals surface area contributed by atoms with Gasteiger partial charge in [0.15, 0.2) is 0 Å². The van der Waals surface area contributed by atoms with Crippen LogP contribution in [0.2, 0.25) is 5.02 Å². The molecule has 0 bridgehead atoms. The number of hydrogen-bond acceptors (Lipinski definition) is 4. The molecule has 0 N–H and O–H groups in total. The van der Waals surface area contributed by atoms with Gasteiger partial charge in [-0.05, 0) is 40.7 Å². The van der Waals surface area contributed by atoms with E-state index in [4.69, 9.17) is 16.3 Å². The molecular formula is C23H24ClNO4. The molecule has 6 heteroatoms. The molecule has 5 nitrogen and oxygen atoms in total. The van der Waals surface area contributed by atoms with Gasteiger partial charge < -0.3 is 4.74 Å². The summed E-state index contributed by atoms with van der Waals surface area (Å²) in [6.45, 7) is 6.32. The van der Waals surface area contributed by atoms with Crippen molar-refractivity contribution in [3.63, 3.8) is 0 Å². The summed E-state index contributed by atoms with van der Waals surface area (Å²) in [6, 6.07) is 13.8. The number of benzene rings is 2. The molecule has 0 unspecified atom stereocenters. The van der Waals surface area contributed by atoms with Crippen molar-refractivity contribution in [3.05, 3.63) is 80.4 Å². The number of ether oxygens (including phenoxy) is 1. The molecular weight excluding hydrogens is 390 g/mol. The fourth-order valence-corrected chi connectivity index (χ4v) is 4.43. The van der Waals surface area contributed by atoms with Crippen LogP contribution in [0, 0.1) is 26.9 Å². The summed E-state index contributed by atoms with van der Waals surface area (Å²) < 4.78 is 5.22. The number of nitro groups is 1. The van der Waals surface area contributed by atoms with Crippen LogP contribution >= 0.6 is 11.6 Å². The number of hydrogen-bond donors (Lipinski definition) is 0. The molecule has 0 aliphatic heterocycles. The lowest BCUT2D eigenvalue weighted by Gasteiger charge is -2.22. The molecule has 0 radical (unpaired) electrons. The molecule has 29 heavy (non-hydrogen) atoms. The molecule has 2 atom stereocenters. The maximum Gasteiger partial charge on any atom is 0.316 e. The van der Waals surface area contributed by atoms with Crippen molar-refractivity contribution < 1.29 is 14.5 Å². The van der Waals surface area contributed by atoms with Crippen molar-refractivity contribution in [1.82, 2.24) is 0 Å². The lowest BCUT2D eigenvalue weighted by molar-refractivity contribution is -0.384. The van der Waals surface area contributed by atoms with E-state index in [1.54, 1.807) is 12.1 Å². The monoisotopic (exact) mass is 413 g/mol. The van der Waals surface area contributed by atoms with Gasteiger partial charge in [0.05, 0.1) is 12.0 Å². The van der Waals surface area contributed by atoms with E-state index in [-0.39, 0.29) is 23.0 Å². The lowest BCUT2D eigenvalue weighted by Crippen LogP contribution is -2.27. The minimum atomic E-state index is -0.789. The first-order chi connectivity index (χ1) is 13.6. The zero-order valence-electron chi connectivity index (χ0n) is 16.9. The molecule has 1 aliphatic rings. The number of methoxy groups -OCH3 is 1. The number of esters is 1. The number of nitrogens with zero attached hydrogens (tertiary/aromatic N) is 1. The van der Waals surface area contributed by atoms with E-state index in [1.165, 1.54) is 19.2 Å². The Labute approximate surface area is 175 Å². The van der Waals surface area contributed by atoms with Crippen LogP contribution in [-0.4, -0.2) is 18.0 Å². The summed E-state index contributed by atoms with van der Waals surface area (Å²) in [4.78, 5) is 23.5. The number of carbonyl (C=O) groups excluding carboxylic acids is 1. The van der Waals surface area contributed by atoms with Crippen LogP contribution in [0.25, 0.3) is 6.08 Å². The Morgan fingerprint density at radius 3 is 2.24 bits per heavy atom. The molecule has 0 aromatic heterocycles. The second kappa shape index (κ2) is 7.64. The number of halogens is 1. The quantitative estimate of drug-likeness (QED) is 0.357. The Kier molecular flexibility index (Phi) is 5.54. The first-order valence-corrected chi connectivity index (χ1v) is 9.77. The highest BCUT2D eigenvalue weighted by atomic mass is 35.5. The van der Waals surface area contributed by atoms with Gasteiger partial charge in [0, 0.05) is 23.1 Å². The van der Waals surface area contributed by atoms with Crippen LogP contribution < -0.4 is 0 Å². The maximum absolute atomic E-state index is 13.0. The Balaban J connectivity index is 2.04. The van der Waals surface area contributed by atoms with Crippen LogP contribution in [0.15, 0.2) is 54.1 Å². The largest absolute Gasteiger partial charge is 0.468 e. The fraction of sp³-hybridized carbons (Fsp3) is 0.348. The summed E-state index contributed by atoms with van der Waals surface area (Å²) in [5, 5.41) is 11.6. The predicted molar refractivity (Wildman–Crippen MR) is 114 cm³/mol. The topological polar surface area (TPSA) is 69.4 Å². The maximum atomic E-state index is 13.0. The molecule has 0 amide bonds. The molecule has 1 aliphatic carbocycles. The van der Waals surface area contributed by atoms with E-state index in [9.17, 15) is 14.9 Å². The van der Waals surface area contributed by atoms with E-state index in [0.717, 1.165) is 16.7 Å². The van der Waals surface area contributed by atoms with Crippen molar-refractivity contribution in [3.8, 4) is 0 Å². The van der Waals surface area contributed by atoms with Crippen LogP contribution in [-0.2, 0) is 16.0 Å². The van der Waals surface area contributed by atoms with Gasteiger partial charge in [-0.1, -0.05) is 62.7 Å². The fourth-order valence-electron chi connectivity index (χ4n) is 4.31. The SMILES string of the molecule is COC(=O)[C@@]1(Cc2ccc([N+](=O)[O-])cc2)/C(=C\c2ccc(Cl)cc2)[C@@H]1C(C)(C)C. The summed E-state index contributed by atoms with van der Waals surface area (Å²) in [5.74, 6) is -0.288. The second-order valence-corrected chi connectivity index (χ2v) is 8.95. The zero-order chi connectivity index (χ0) is 21.4. The van der Waals surface area contributed by atoms with Crippen LogP contribution in [0.3, 0.4) is 0 Å². The standard InChI is InChI=1S/C23H24ClNO4/c1-22(2,3)20-19(13-15-5-9-17(24)10-6-15)23(20,21(26)29-4)14-16-7-11-18(12-8-16)25(27)28/h5-13,20H,14H2,1-4H3/b19-13-/t20-,23+/m1/s1. The van der Waals surface area contributed by atoms with E-state index in [1.807, 2.05) is 30.3 Å². The van der Waals surface area contributed by atoms with E-state index >= 15 is 0 Å². The van der Waals surface area contributed by atoms with Gasteiger partial charge >= 0.3 is 5.97 Å². The molecule has 2 aromatic rings. The van der Waals surface area contributed by atoms with E-state index in [0.29, 0.717) is 11.4 Å². The first-order valence-electron chi connectivity index (χ1n) is 9.39. The van der Waals surface area contributed by atoms with Gasteiger partial charge in [0.25, 0.3) is 5.69 Å². The van der Waals surface area contributed by atoms with Gasteiger partial charge in [-0.3, -0.25) is 14.9 Å². The summed E-state index contributed by atoms with van der Waals surface area (Å²) in [7, 11) is 1.40. The minimum absolute atomic E-state index is 0.00619. The average molecular weight is 414 g/mol. The van der Waals surface area contributed by atoms with Gasteiger partial charge in [0.2, 0.25) is 0 Å². The number of carbonyl (C=O) groups is 1. The molecule has 0 heterocycles. The molecule has 152 valence electrons. The lowest BCUT2D eigenvalue weighted by atomic mass is 9.82. The molecule has 3 rings (SSSR count). The van der Waals surface area contributed by atoms with Crippen LogP contribution in [0.5, 0.6) is 0 Å². The minimum Gasteiger partial charge on any atom is -0.468 e. The molecule has 0 spiro atoms. The van der Waals surface area contributed by atoms with Gasteiger partial charge in [-0.25, -0.2) is 0 Å². The second-order valence-electron chi connectivity index (χ2n) is 8.51. The van der Waals surface area contributed by atoms with Gasteiger partial charge in [-0.2, -0.15) is 0 Å². The summed E-state index contributed by atoms with van der Waals surface area (Å²) >= 11 is 5.99. The van der Waals surface area contributed by atoms with Crippen LogP contribution in [0.1, 0.15) is 31.9 Å². The smallest absolute Gasteiger partial charge is 0.316 e. The Morgan fingerprint density at radius 2 is 1.76 bits per heavy atom. The Bertz CT molecular complexity index is 958. The highest BCUT2D eigenvalue weighted by Crippen LogP contribution is 2.68. The number of nitro benzene ring substituents is 1. The molecule has 2 aromatic carbocycles. The van der Waals surface area contributed by atoms with Crippen molar-refractivity contribution >= 4 is 29.3 Å². The van der Waals surface area contributed by atoms with Gasteiger partial charge in [0.1, 0.15) is 5.41 Å².